The van der Waals surface area contributed by atoms with E-state index in [-0.39, 0.29) is 13.2 Å². The number of fused-ring (bicyclic) bond motifs is 1. The van der Waals surface area contributed by atoms with Gasteiger partial charge in [0.05, 0.1) is 43.1 Å². The summed E-state index contributed by atoms with van der Waals surface area (Å²) in [6.45, 7) is -0.126. The summed E-state index contributed by atoms with van der Waals surface area (Å²) in [5.74, 6) is 0. The fourth-order valence-electron chi connectivity index (χ4n) is 2.46. The van der Waals surface area contributed by atoms with Gasteiger partial charge in [-0.2, -0.15) is 0 Å². The topological polar surface area (TPSA) is 104 Å². The van der Waals surface area contributed by atoms with E-state index < -0.39 is 36.5 Å². The molecule has 0 bridgehead atoms. The Bertz CT molecular complexity index is 226. The summed E-state index contributed by atoms with van der Waals surface area (Å²) in [6, 6.07) is -1.26. The molecule has 0 aromatic carbocycles. The molecule has 6 heteroatoms. The molecule has 2 rings (SSSR count). The van der Waals surface area contributed by atoms with E-state index in [1.54, 1.807) is 4.90 Å². The summed E-state index contributed by atoms with van der Waals surface area (Å²) in [7, 11) is 0. The second-order valence-corrected chi connectivity index (χ2v) is 3.98. The third kappa shape index (κ3) is 1.19. The summed E-state index contributed by atoms with van der Waals surface area (Å²) < 4.78 is 0. The summed E-state index contributed by atoms with van der Waals surface area (Å²) in [5.41, 5.74) is 0. The summed E-state index contributed by atoms with van der Waals surface area (Å²) in [5, 5.41) is 47.0. The van der Waals surface area contributed by atoms with Crippen molar-refractivity contribution in [2.75, 3.05) is 13.2 Å². The predicted octanol–water partition coefficient (Wildman–Crippen LogP) is -3.51. The van der Waals surface area contributed by atoms with Crippen LogP contribution in [0.3, 0.4) is 0 Å². The molecule has 0 unspecified atom stereocenters. The molecule has 0 aromatic heterocycles. The van der Waals surface area contributed by atoms with Gasteiger partial charge in [-0.1, -0.05) is 0 Å². The van der Waals surface area contributed by atoms with Crippen LogP contribution in [0, 0.1) is 0 Å². The minimum Gasteiger partial charge on any atom is -0.395 e. The van der Waals surface area contributed by atoms with Crippen molar-refractivity contribution >= 4 is 0 Å². The molecule has 0 saturated carbocycles. The van der Waals surface area contributed by atoms with Crippen molar-refractivity contribution in [3.8, 4) is 0 Å². The van der Waals surface area contributed by atoms with Gasteiger partial charge in [0, 0.05) is 6.54 Å². The number of hydrogen-bond donors (Lipinski definition) is 5. The monoisotopic (exact) mass is 205 g/mol. The Balaban J connectivity index is 2.21. The van der Waals surface area contributed by atoms with Gasteiger partial charge in [-0.05, 0) is 0 Å². The second-order valence-electron chi connectivity index (χ2n) is 3.98. The second kappa shape index (κ2) is 3.41. The normalized spacial score (nSPS) is 53.8. The maximum absolute atomic E-state index is 9.58. The highest BCUT2D eigenvalue weighted by molar-refractivity contribution is 5.09. The fraction of sp³-hybridized carbons (Fsp3) is 1.00. The van der Waals surface area contributed by atoms with Gasteiger partial charge in [0.1, 0.15) is 0 Å². The van der Waals surface area contributed by atoms with Gasteiger partial charge in [-0.25, -0.2) is 0 Å². The van der Waals surface area contributed by atoms with Crippen molar-refractivity contribution in [2.24, 2.45) is 0 Å². The maximum atomic E-state index is 9.58. The zero-order chi connectivity index (χ0) is 10.5. The number of aliphatic hydroxyl groups is 5. The van der Waals surface area contributed by atoms with E-state index in [0.29, 0.717) is 0 Å². The first kappa shape index (κ1) is 10.3. The van der Waals surface area contributed by atoms with Crippen molar-refractivity contribution in [1.82, 2.24) is 4.90 Å². The SMILES string of the molecule is OC[C@H]1[C@H](O)[C@@H](O)[C@@H]2[C@@H](O)[C@@H](O)CN21. The van der Waals surface area contributed by atoms with Gasteiger partial charge >= 0.3 is 0 Å². The van der Waals surface area contributed by atoms with E-state index in [2.05, 4.69) is 0 Å². The van der Waals surface area contributed by atoms with Crippen LogP contribution in [0.1, 0.15) is 0 Å². The molecular weight excluding hydrogens is 190 g/mol. The Kier molecular flexibility index (Phi) is 2.50. The number of aliphatic hydroxyl groups excluding tert-OH is 5. The molecule has 2 aliphatic heterocycles. The van der Waals surface area contributed by atoms with E-state index in [1.165, 1.54) is 0 Å². The quantitative estimate of drug-likeness (QED) is 0.304. The van der Waals surface area contributed by atoms with Gasteiger partial charge in [-0.3, -0.25) is 4.90 Å². The molecular formula is C8H15NO5. The minimum atomic E-state index is -1.11. The Morgan fingerprint density at radius 3 is 2.21 bits per heavy atom. The molecule has 2 saturated heterocycles. The Labute approximate surface area is 81.0 Å². The molecule has 6 nitrogen and oxygen atoms in total. The maximum Gasteiger partial charge on any atom is 0.0996 e. The average molecular weight is 205 g/mol. The molecule has 0 aromatic rings. The van der Waals surface area contributed by atoms with E-state index in [1.807, 2.05) is 0 Å². The predicted molar refractivity (Wildman–Crippen MR) is 45.4 cm³/mol. The molecule has 2 fully saturated rings. The highest BCUT2D eigenvalue weighted by atomic mass is 16.4. The van der Waals surface area contributed by atoms with Crippen LogP contribution in [-0.2, 0) is 0 Å². The first-order valence-electron chi connectivity index (χ1n) is 4.66. The van der Waals surface area contributed by atoms with Gasteiger partial charge in [0.25, 0.3) is 0 Å². The Morgan fingerprint density at radius 1 is 1.00 bits per heavy atom. The highest BCUT2D eigenvalue weighted by Gasteiger charge is 2.56. The first-order valence-corrected chi connectivity index (χ1v) is 4.66. The lowest BCUT2D eigenvalue weighted by atomic mass is 10.0. The Hall–Kier alpha value is -0.240. The lowest BCUT2D eigenvalue weighted by Gasteiger charge is -2.22. The van der Waals surface area contributed by atoms with Crippen LogP contribution in [0.2, 0.25) is 0 Å². The summed E-state index contributed by atoms with van der Waals surface area (Å²) in [4.78, 5) is 1.56. The molecule has 0 radical (unpaired) electrons. The molecule has 2 aliphatic rings. The fourth-order valence-corrected chi connectivity index (χ4v) is 2.46. The van der Waals surface area contributed by atoms with Gasteiger partial charge in [0.2, 0.25) is 0 Å². The van der Waals surface area contributed by atoms with Gasteiger partial charge < -0.3 is 25.5 Å². The van der Waals surface area contributed by atoms with Crippen LogP contribution in [-0.4, -0.2) is 80.1 Å². The van der Waals surface area contributed by atoms with Crippen molar-refractivity contribution in [1.29, 1.82) is 0 Å². The smallest absolute Gasteiger partial charge is 0.0996 e. The lowest BCUT2D eigenvalue weighted by Crippen LogP contribution is -2.41. The van der Waals surface area contributed by atoms with Crippen molar-refractivity contribution in [3.05, 3.63) is 0 Å². The van der Waals surface area contributed by atoms with Crippen LogP contribution in [0.5, 0.6) is 0 Å². The number of rotatable bonds is 1. The molecule has 0 spiro atoms. The third-order valence-corrected chi connectivity index (χ3v) is 3.23. The minimum absolute atomic E-state index is 0.172. The number of hydrogen-bond acceptors (Lipinski definition) is 6. The molecule has 5 N–H and O–H groups in total. The molecule has 0 aliphatic carbocycles. The molecule has 82 valence electrons. The summed E-state index contributed by atoms with van der Waals surface area (Å²) in [6.07, 6.45) is -4.15. The van der Waals surface area contributed by atoms with Crippen molar-refractivity contribution < 1.29 is 25.5 Å². The van der Waals surface area contributed by atoms with E-state index in [4.69, 9.17) is 5.11 Å². The Morgan fingerprint density at radius 2 is 1.64 bits per heavy atom. The van der Waals surface area contributed by atoms with Crippen molar-refractivity contribution in [3.63, 3.8) is 0 Å². The zero-order valence-corrected chi connectivity index (χ0v) is 7.56. The standard InChI is InChI=1S/C8H15NO5/c10-2-3-6(12)8(14)5-7(13)4(11)1-9(3)5/h3-8,10-14H,1-2H2/t3-,4-,5-,6-,7-,8-/m0/s1. The molecule has 2 heterocycles. The van der Waals surface area contributed by atoms with Crippen LogP contribution >= 0.6 is 0 Å². The van der Waals surface area contributed by atoms with Crippen LogP contribution in [0.4, 0.5) is 0 Å². The van der Waals surface area contributed by atoms with E-state index >= 15 is 0 Å². The number of nitrogens with zero attached hydrogens (tertiary/aromatic N) is 1. The van der Waals surface area contributed by atoms with Crippen LogP contribution in [0.25, 0.3) is 0 Å². The highest BCUT2D eigenvalue weighted by Crippen LogP contribution is 2.33. The molecule has 0 amide bonds. The molecule has 6 atom stereocenters. The van der Waals surface area contributed by atoms with Crippen LogP contribution < -0.4 is 0 Å². The van der Waals surface area contributed by atoms with Crippen molar-refractivity contribution in [2.45, 2.75) is 36.5 Å². The zero-order valence-electron chi connectivity index (χ0n) is 7.56. The summed E-state index contributed by atoms with van der Waals surface area (Å²) >= 11 is 0. The molecule has 14 heavy (non-hydrogen) atoms. The largest absolute Gasteiger partial charge is 0.395 e. The third-order valence-electron chi connectivity index (χ3n) is 3.23. The van der Waals surface area contributed by atoms with Gasteiger partial charge in [0.15, 0.2) is 0 Å². The van der Waals surface area contributed by atoms with E-state index in [0.717, 1.165) is 0 Å². The average Bonchev–Trinajstić information content (AvgIpc) is 2.54. The van der Waals surface area contributed by atoms with E-state index in [9.17, 15) is 20.4 Å². The van der Waals surface area contributed by atoms with Gasteiger partial charge in [-0.15, -0.1) is 0 Å². The first-order chi connectivity index (χ1) is 6.57. The lowest BCUT2D eigenvalue weighted by molar-refractivity contribution is -0.0268. The van der Waals surface area contributed by atoms with Crippen LogP contribution in [0.15, 0.2) is 0 Å².